The Bertz CT molecular complexity index is 6360. The third-order valence-corrected chi connectivity index (χ3v) is 25.4. The fraction of sp³-hybridized carbons (Fsp3) is 0.0796. The van der Waals surface area contributed by atoms with Gasteiger partial charge in [0.2, 0.25) is 0 Å². The molecule has 0 heterocycles. The number of fused-ring (bicyclic) bond motifs is 13. The van der Waals surface area contributed by atoms with E-state index < -0.39 is 0 Å². The van der Waals surface area contributed by atoms with Crippen LogP contribution in [0.5, 0.6) is 0 Å². The van der Waals surface area contributed by atoms with Crippen LogP contribution in [0.4, 0.5) is 34.1 Å². The molecule has 18 aromatic rings. The van der Waals surface area contributed by atoms with Crippen LogP contribution in [-0.2, 0) is 16.2 Å². The molecule has 18 aromatic carbocycles. The van der Waals surface area contributed by atoms with E-state index in [9.17, 15) is 0 Å². The summed E-state index contributed by atoms with van der Waals surface area (Å²) in [6.45, 7) is 14.4. The van der Waals surface area contributed by atoms with E-state index in [-0.39, 0.29) is 16.2 Å². The van der Waals surface area contributed by atoms with E-state index in [1.807, 2.05) is 0 Å². The maximum absolute atomic E-state index is 2.45. The normalized spacial score (nSPS) is 13.8. The third-order valence-electron chi connectivity index (χ3n) is 25.4. The number of hydrogen-bond acceptors (Lipinski definition) is 2. The second-order valence-electron chi connectivity index (χ2n) is 33.3. The van der Waals surface area contributed by atoms with Crippen LogP contribution in [0.2, 0.25) is 0 Å². The molecule has 3 aliphatic rings. The van der Waals surface area contributed by atoms with Gasteiger partial charge >= 0.3 is 0 Å². The van der Waals surface area contributed by atoms with E-state index in [4.69, 9.17) is 0 Å². The van der Waals surface area contributed by atoms with E-state index in [0.717, 1.165) is 34.1 Å². The summed E-state index contributed by atoms with van der Waals surface area (Å²) in [5.74, 6) is 0. The van der Waals surface area contributed by atoms with Crippen molar-refractivity contribution in [3.8, 4) is 77.9 Å². The first-order valence-electron chi connectivity index (χ1n) is 40.4. The summed E-state index contributed by atoms with van der Waals surface area (Å²) in [6.07, 6.45) is 9.23. The predicted molar refractivity (Wildman–Crippen MR) is 491 cm³/mol. The zero-order valence-corrected chi connectivity index (χ0v) is 65.5. The van der Waals surface area contributed by atoms with Crippen LogP contribution in [0.1, 0.15) is 97.2 Å². The zero-order valence-electron chi connectivity index (χ0n) is 65.5. The van der Waals surface area contributed by atoms with Crippen molar-refractivity contribution in [1.29, 1.82) is 0 Å². The zero-order chi connectivity index (χ0) is 77.3. The summed E-state index contributed by atoms with van der Waals surface area (Å²) in [4.78, 5) is 4.85. The van der Waals surface area contributed by atoms with Crippen LogP contribution < -0.4 is 9.80 Å². The van der Waals surface area contributed by atoms with Gasteiger partial charge in [0.15, 0.2) is 0 Å². The van der Waals surface area contributed by atoms with Gasteiger partial charge in [0.1, 0.15) is 0 Å². The Morgan fingerprint density at radius 3 is 0.591 bits per heavy atom. The van der Waals surface area contributed by atoms with Crippen molar-refractivity contribution >= 4 is 102 Å². The maximum atomic E-state index is 2.45. The first-order valence-corrected chi connectivity index (χ1v) is 40.4. The SMILES string of the molecule is CC1(C)c2cc(/C=C/c3ccc4c(c3)C(C)(C)c3cc(N(c5ccc(-c6ccc7ccccc7c6)cc5)c5ccc(-c6ccc7ccccc7c6)cc5)ccc3-4)ccc2-c2ccc(/C=C/c3ccc4c(c3)C(C)(C)c3cc(N(c5ccc(-c6ccc7ccccc7c6)cc5)c5ccc(-c6ccc7ccccc7c6)cc5)ccc3-4)cc21. The molecule has 0 bridgehead atoms. The molecule has 546 valence electrons. The van der Waals surface area contributed by atoms with Crippen molar-refractivity contribution in [3.63, 3.8) is 0 Å². The van der Waals surface area contributed by atoms with Gasteiger partial charge in [-0.1, -0.05) is 345 Å². The van der Waals surface area contributed by atoms with E-state index in [2.05, 4.69) is 452 Å². The van der Waals surface area contributed by atoms with Crippen molar-refractivity contribution in [2.24, 2.45) is 0 Å². The molecule has 0 saturated carbocycles. The molecule has 0 aromatic heterocycles. The second kappa shape index (κ2) is 27.2. The van der Waals surface area contributed by atoms with E-state index in [1.165, 1.54) is 177 Å². The van der Waals surface area contributed by atoms with Crippen LogP contribution in [-0.4, -0.2) is 0 Å². The standard InChI is InChI=1S/C113H84N2/c1-111(2)105-63-73(23-25-75-29-59-101-103-61-55-97(71-109(103)112(3,4)107(101)65-75)114(93-47-39-81(40-48-93)89-35-31-77-15-7-11-19-85(77)67-89)94-49-41-82(42-50-94)90-36-32-78-16-8-12-20-86(78)68-90)27-57-99(105)100-58-28-74(64-106(100)111)24-26-76-30-60-102-104-62-56-98(72-110(104)113(5,6)108(102)66-76)115(95-51-43-83(44-52-95)91-37-33-79-17-9-13-21-87(79)69-91)96-53-45-84(46-54-96)92-38-34-80-18-10-14-22-88(80)70-92/h7-72H,1-6H3/b25-23+,26-24+. The molecule has 2 nitrogen and oxygen atoms in total. The lowest BCUT2D eigenvalue weighted by atomic mass is 9.81. The summed E-state index contributed by atoms with van der Waals surface area (Å²) in [6, 6.07) is 140. The van der Waals surface area contributed by atoms with Crippen molar-refractivity contribution < 1.29 is 0 Å². The summed E-state index contributed by atoms with van der Waals surface area (Å²) in [5.41, 5.74) is 36.3. The summed E-state index contributed by atoms with van der Waals surface area (Å²) >= 11 is 0. The summed E-state index contributed by atoms with van der Waals surface area (Å²) in [5, 5.41) is 9.97. The van der Waals surface area contributed by atoms with Crippen molar-refractivity contribution in [2.45, 2.75) is 57.8 Å². The van der Waals surface area contributed by atoms with Gasteiger partial charge in [0, 0.05) is 50.4 Å². The second-order valence-corrected chi connectivity index (χ2v) is 33.3. The molecular weight excluding hydrogens is 1390 g/mol. The highest BCUT2D eigenvalue weighted by molar-refractivity contribution is 5.96. The summed E-state index contributed by atoms with van der Waals surface area (Å²) in [7, 11) is 0. The average molecular weight is 1470 g/mol. The van der Waals surface area contributed by atoms with Gasteiger partial charge in [0.25, 0.3) is 0 Å². The number of rotatable bonds is 14. The Labute approximate surface area is 674 Å². The highest BCUT2D eigenvalue weighted by Gasteiger charge is 2.39. The Morgan fingerprint density at radius 2 is 0.357 bits per heavy atom. The van der Waals surface area contributed by atoms with Gasteiger partial charge < -0.3 is 9.80 Å². The Balaban J connectivity index is 0.526. The molecule has 0 radical (unpaired) electrons. The van der Waals surface area contributed by atoms with E-state index >= 15 is 0 Å². The highest BCUT2D eigenvalue weighted by atomic mass is 15.1. The Hall–Kier alpha value is -13.9. The van der Waals surface area contributed by atoms with Crippen LogP contribution in [0.3, 0.4) is 0 Å². The fourth-order valence-electron chi connectivity index (χ4n) is 18.9. The van der Waals surface area contributed by atoms with E-state index in [1.54, 1.807) is 0 Å². The molecular formula is C113H84N2. The van der Waals surface area contributed by atoms with Gasteiger partial charge in [-0.3, -0.25) is 0 Å². The molecule has 0 saturated heterocycles. The molecule has 0 atom stereocenters. The molecule has 0 aliphatic heterocycles. The van der Waals surface area contributed by atoms with Gasteiger partial charge in [0.05, 0.1) is 0 Å². The third kappa shape index (κ3) is 12.1. The number of nitrogens with zero attached hydrogens (tertiary/aromatic N) is 2. The topological polar surface area (TPSA) is 6.48 Å². The minimum Gasteiger partial charge on any atom is -0.310 e. The summed E-state index contributed by atoms with van der Waals surface area (Å²) < 4.78 is 0. The van der Waals surface area contributed by atoms with Crippen molar-refractivity contribution in [3.05, 3.63) is 432 Å². The molecule has 0 N–H and O–H groups in total. The molecule has 2 heteroatoms. The molecule has 0 spiro atoms. The van der Waals surface area contributed by atoms with Crippen LogP contribution in [0, 0.1) is 0 Å². The first kappa shape index (κ1) is 69.1. The minimum absolute atomic E-state index is 0.195. The quantitative estimate of drug-likeness (QED) is 0.100. The minimum atomic E-state index is -0.251. The Kier molecular flexibility index (Phi) is 16.3. The molecule has 0 amide bonds. The van der Waals surface area contributed by atoms with Gasteiger partial charge in [-0.25, -0.2) is 0 Å². The first-order chi connectivity index (χ1) is 56.2. The fourth-order valence-corrected chi connectivity index (χ4v) is 18.9. The molecule has 0 fully saturated rings. The van der Waals surface area contributed by atoms with E-state index in [0.29, 0.717) is 0 Å². The lowest BCUT2D eigenvalue weighted by Crippen LogP contribution is -2.16. The lowest BCUT2D eigenvalue weighted by molar-refractivity contribution is 0.660. The number of hydrogen-bond donors (Lipinski definition) is 0. The number of anilines is 6. The van der Waals surface area contributed by atoms with Crippen LogP contribution >= 0.6 is 0 Å². The molecule has 3 aliphatic carbocycles. The highest BCUT2D eigenvalue weighted by Crippen LogP contribution is 2.55. The smallest absolute Gasteiger partial charge is 0.0465 e. The van der Waals surface area contributed by atoms with Gasteiger partial charge in [-0.05, 0) is 274 Å². The van der Waals surface area contributed by atoms with Crippen molar-refractivity contribution in [1.82, 2.24) is 0 Å². The number of benzene rings is 18. The lowest BCUT2D eigenvalue weighted by Gasteiger charge is -2.28. The van der Waals surface area contributed by atoms with Crippen LogP contribution in [0.15, 0.2) is 376 Å². The molecule has 0 unspecified atom stereocenters. The predicted octanol–water partition coefficient (Wildman–Crippen LogP) is 31.2. The molecule has 21 rings (SSSR count). The van der Waals surface area contributed by atoms with Gasteiger partial charge in [-0.2, -0.15) is 0 Å². The Morgan fingerprint density at radius 1 is 0.165 bits per heavy atom. The average Bonchev–Trinajstić information content (AvgIpc) is 1.59. The monoisotopic (exact) mass is 1470 g/mol. The van der Waals surface area contributed by atoms with Crippen LogP contribution in [0.25, 0.3) is 145 Å². The largest absolute Gasteiger partial charge is 0.310 e. The molecule has 115 heavy (non-hydrogen) atoms. The van der Waals surface area contributed by atoms with Crippen molar-refractivity contribution in [2.75, 3.05) is 9.80 Å². The maximum Gasteiger partial charge on any atom is 0.0465 e. The van der Waals surface area contributed by atoms with Gasteiger partial charge in [-0.15, -0.1) is 0 Å².